The molecule has 0 heterocycles. The highest BCUT2D eigenvalue weighted by atomic mass is 14.6. The van der Waals surface area contributed by atoms with Crippen LogP contribution >= 0.6 is 0 Å². The standard InChI is InChI=1S/C38H32N6/c39-25-13-5-21(6-14-25)31-32(22-7-15-26(40)16-8-22)34(24-11-19-28(42)20-12-24)36-35(33(31)23-9-17-27(41)18-10-23)37(43)29-3-1-2-4-30(29)38(36)44/h1-20H,39-44H2. The monoisotopic (exact) mass is 572 g/mol. The van der Waals surface area contributed by atoms with E-state index >= 15 is 0 Å². The fraction of sp³-hybridized carbons (Fsp3) is 0. The highest BCUT2D eigenvalue weighted by molar-refractivity contribution is 6.30. The first-order chi connectivity index (χ1) is 21.3. The van der Waals surface area contributed by atoms with Crippen LogP contribution in [-0.4, -0.2) is 0 Å². The van der Waals surface area contributed by atoms with E-state index in [4.69, 9.17) is 34.4 Å². The molecule has 0 aromatic heterocycles. The van der Waals surface area contributed by atoms with Crippen molar-refractivity contribution in [2.24, 2.45) is 0 Å². The largest absolute Gasteiger partial charge is 0.399 e. The van der Waals surface area contributed by atoms with Crippen molar-refractivity contribution in [1.29, 1.82) is 0 Å². The predicted octanol–water partition coefficient (Wildman–Crippen LogP) is 8.15. The molecule has 12 N–H and O–H groups in total. The second-order valence-electron chi connectivity index (χ2n) is 11.1. The molecule has 0 spiro atoms. The van der Waals surface area contributed by atoms with Crippen molar-refractivity contribution in [3.05, 3.63) is 121 Å². The van der Waals surface area contributed by atoms with E-state index in [1.165, 1.54) is 0 Å². The van der Waals surface area contributed by atoms with Gasteiger partial charge in [0.05, 0.1) is 0 Å². The fourth-order valence-corrected chi connectivity index (χ4v) is 6.26. The van der Waals surface area contributed by atoms with Crippen LogP contribution in [0.4, 0.5) is 34.1 Å². The van der Waals surface area contributed by atoms with Crippen LogP contribution in [0.1, 0.15) is 0 Å². The first-order valence-electron chi connectivity index (χ1n) is 14.3. The van der Waals surface area contributed by atoms with Gasteiger partial charge in [0.25, 0.3) is 0 Å². The van der Waals surface area contributed by atoms with Crippen molar-refractivity contribution in [2.45, 2.75) is 0 Å². The van der Waals surface area contributed by atoms with Crippen LogP contribution in [0.3, 0.4) is 0 Å². The summed E-state index contributed by atoms with van der Waals surface area (Å²) in [6.07, 6.45) is 0. The number of benzene rings is 7. The molecular weight excluding hydrogens is 540 g/mol. The Morgan fingerprint density at radius 1 is 0.273 bits per heavy atom. The normalized spacial score (nSPS) is 11.3. The summed E-state index contributed by atoms with van der Waals surface area (Å²) in [5, 5.41) is 3.51. The quantitative estimate of drug-likeness (QED) is 0.0710. The highest BCUT2D eigenvalue weighted by Gasteiger charge is 2.27. The summed E-state index contributed by atoms with van der Waals surface area (Å²) in [7, 11) is 0. The summed E-state index contributed by atoms with van der Waals surface area (Å²) in [5.74, 6) is 0. The van der Waals surface area contributed by atoms with E-state index in [1.807, 2.05) is 121 Å². The number of anilines is 6. The van der Waals surface area contributed by atoms with Crippen LogP contribution in [0.5, 0.6) is 0 Å². The summed E-state index contributed by atoms with van der Waals surface area (Å²) >= 11 is 0. The number of rotatable bonds is 4. The molecule has 44 heavy (non-hydrogen) atoms. The molecule has 0 saturated carbocycles. The Morgan fingerprint density at radius 2 is 0.523 bits per heavy atom. The van der Waals surface area contributed by atoms with E-state index < -0.39 is 0 Å². The third kappa shape index (κ3) is 4.28. The van der Waals surface area contributed by atoms with Gasteiger partial charge in [-0.1, -0.05) is 72.8 Å². The van der Waals surface area contributed by atoms with Crippen LogP contribution < -0.4 is 34.4 Å². The fourth-order valence-electron chi connectivity index (χ4n) is 6.26. The van der Waals surface area contributed by atoms with Gasteiger partial charge in [-0.2, -0.15) is 0 Å². The molecule has 7 aromatic carbocycles. The smallest absolute Gasteiger partial charge is 0.0481 e. The zero-order valence-corrected chi connectivity index (χ0v) is 24.0. The second kappa shape index (κ2) is 10.3. The van der Waals surface area contributed by atoms with Gasteiger partial charge in [0.2, 0.25) is 0 Å². The van der Waals surface area contributed by atoms with Crippen LogP contribution in [0.2, 0.25) is 0 Å². The van der Waals surface area contributed by atoms with E-state index in [0.29, 0.717) is 34.1 Å². The molecule has 7 aromatic rings. The number of nitrogens with two attached hydrogens (primary N) is 6. The van der Waals surface area contributed by atoms with Gasteiger partial charge < -0.3 is 34.4 Å². The van der Waals surface area contributed by atoms with E-state index in [-0.39, 0.29) is 0 Å². The lowest BCUT2D eigenvalue weighted by atomic mass is 9.77. The summed E-state index contributed by atoms with van der Waals surface area (Å²) in [6, 6.07) is 39.6. The molecule has 0 aliphatic carbocycles. The molecular formula is C38H32N6. The Balaban J connectivity index is 1.83. The molecule has 0 amide bonds. The van der Waals surface area contributed by atoms with Gasteiger partial charge in [-0.3, -0.25) is 0 Å². The van der Waals surface area contributed by atoms with Gasteiger partial charge in [0.1, 0.15) is 0 Å². The minimum absolute atomic E-state index is 0.647. The lowest BCUT2D eigenvalue weighted by molar-refractivity contribution is 1.56. The molecule has 0 atom stereocenters. The molecule has 7 rings (SSSR count). The number of hydrogen-bond donors (Lipinski definition) is 6. The van der Waals surface area contributed by atoms with Crippen molar-refractivity contribution >= 4 is 55.7 Å². The third-order valence-corrected chi connectivity index (χ3v) is 8.34. The van der Waals surface area contributed by atoms with Crippen molar-refractivity contribution in [1.82, 2.24) is 0 Å². The average molecular weight is 573 g/mol. The molecule has 0 fully saturated rings. The van der Waals surface area contributed by atoms with Crippen molar-refractivity contribution in [3.63, 3.8) is 0 Å². The third-order valence-electron chi connectivity index (χ3n) is 8.34. The lowest BCUT2D eigenvalue weighted by Crippen LogP contribution is -2.03. The predicted molar refractivity (Wildman–Crippen MR) is 190 cm³/mol. The lowest BCUT2D eigenvalue weighted by Gasteiger charge is -2.27. The zero-order valence-electron chi connectivity index (χ0n) is 24.0. The van der Waals surface area contributed by atoms with E-state index in [1.54, 1.807) is 0 Å². The molecule has 0 aliphatic heterocycles. The Bertz CT molecular complexity index is 2020. The molecule has 6 nitrogen and oxygen atoms in total. The van der Waals surface area contributed by atoms with Gasteiger partial charge in [-0.25, -0.2) is 0 Å². The molecule has 214 valence electrons. The maximum Gasteiger partial charge on any atom is 0.0481 e. The number of nitrogen functional groups attached to an aromatic ring is 6. The maximum absolute atomic E-state index is 7.21. The second-order valence-corrected chi connectivity index (χ2v) is 11.1. The van der Waals surface area contributed by atoms with Gasteiger partial charge in [-0.15, -0.1) is 0 Å². The van der Waals surface area contributed by atoms with Crippen LogP contribution in [-0.2, 0) is 0 Å². The molecule has 0 radical (unpaired) electrons. The molecule has 0 bridgehead atoms. The van der Waals surface area contributed by atoms with Crippen molar-refractivity contribution < 1.29 is 0 Å². The van der Waals surface area contributed by atoms with Gasteiger partial charge in [-0.05, 0) is 81.9 Å². The number of hydrogen-bond acceptors (Lipinski definition) is 6. The highest BCUT2D eigenvalue weighted by Crippen LogP contribution is 2.55. The van der Waals surface area contributed by atoms with Gasteiger partial charge in [0, 0.05) is 66.8 Å². The molecule has 0 unspecified atom stereocenters. The van der Waals surface area contributed by atoms with Crippen molar-refractivity contribution in [2.75, 3.05) is 34.4 Å². The Kier molecular flexibility index (Phi) is 6.26. The minimum atomic E-state index is 0.647. The SMILES string of the molecule is Nc1ccc(-c2c(-c3ccc(N)cc3)c(-c3ccc(N)cc3)c3c(N)c4ccccc4c(N)c3c2-c2ccc(N)cc2)cc1. The Morgan fingerprint density at radius 3 is 0.795 bits per heavy atom. The molecule has 0 aliphatic rings. The first-order valence-corrected chi connectivity index (χ1v) is 14.3. The van der Waals surface area contributed by atoms with E-state index in [0.717, 1.165) is 66.1 Å². The van der Waals surface area contributed by atoms with Crippen LogP contribution in [0.15, 0.2) is 121 Å². The Hall–Kier alpha value is -6.14. The average Bonchev–Trinajstić information content (AvgIpc) is 3.04. The zero-order chi connectivity index (χ0) is 30.5. The van der Waals surface area contributed by atoms with Gasteiger partial charge in [0.15, 0.2) is 0 Å². The minimum Gasteiger partial charge on any atom is -0.399 e. The summed E-state index contributed by atoms with van der Waals surface area (Å²) in [6.45, 7) is 0. The number of fused-ring (bicyclic) bond motifs is 2. The first kappa shape index (κ1) is 26.7. The van der Waals surface area contributed by atoms with Crippen LogP contribution in [0.25, 0.3) is 66.1 Å². The van der Waals surface area contributed by atoms with Crippen LogP contribution in [0, 0.1) is 0 Å². The summed E-state index contributed by atoms with van der Waals surface area (Å²) in [4.78, 5) is 0. The van der Waals surface area contributed by atoms with Gasteiger partial charge >= 0.3 is 0 Å². The Labute approximate surface area is 255 Å². The maximum atomic E-state index is 7.21. The van der Waals surface area contributed by atoms with E-state index in [2.05, 4.69) is 0 Å². The summed E-state index contributed by atoms with van der Waals surface area (Å²) in [5.41, 5.74) is 50.9. The topological polar surface area (TPSA) is 156 Å². The molecule has 0 saturated heterocycles. The molecule has 6 heteroatoms. The van der Waals surface area contributed by atoms with Crippen molar-refractivity contribution in [3.8, 4) is 44.5 Å². The summed E-state index contributed by atoms with van der Waals surface area (Å²) < 4.78 is 0. The van der Waals surface area contributed by atoms with E-state index in [9.17, 15) is 0 Å².